The lowest BCUT2D eigenvalue weighted by molar-refractivity contribution is 0.0963. The zero-order valence-corrected chi connectivity index (χ0v) is 17.0. The molecule has 1 aliphatic carbocycles. The summed E-state index contributed by atoms with van der Waals surface area (Å²) in [5.74, 6) is 1.65. The van der Waals surface area contributed by atoms with Crippen molar-refractivity contribution in [3.05, 3.63) is 47.2 Å². The second-order valence-electron chi connectivity index (χ2n) is 7.72. The molecule has 1 saturated heterocycles. The molecule has 7 nitrogen and oxygen atoms in total. The fourth-order valence-electron chi connectivity index (χ4n) is 4.28. The van der Waals surface area contributed by atoms with Gasteiger partial charge in [0.25, 0.3) is 0 Å². The monoisotopic (exact) mass is 395 g/mol. The number of aliphatic hydroxyl groups excluding tert-OH is 1. The summed E-state index contributed by atoms with van der Waals surface area (Å²) in [4.78, 5) is 27.0. The van der Waals surface area contributed by atoms with Crippen LogP contribution in [0.25, 0.3) is 0 Å². The lowest BCUT2D eigenvalue weighted by Crippen LogP contribution is -2.48. The highest BCUT2D eigenvalue weighted by Gasteiger charge is 2.32. The average molecular weight is 396 g/mol. The molecule has 1 aromatic carbocycles. The number of nitrogens with one attached hydrogen (secondary N) is 1. The van der Waals surface area contributed by atoms with E-state index < -0.39 is 0 Å². The normalized spacial score (nSPS) is 19.9. The van der Waals surface area contributed by atoms with Crippen molar-refractivity contribution in [2.24, 2.45) is 0 Å². The smallest absolute Gasteiger partial charge is 0.227 e. The number of carbonyl (C=O) groups excluding carboxylic acids is 1. The molecule has 2 aromatic rings. The number of hydrogen-bond donors (Lipinski definition) is 2. The van der Waals surface area contributed by atoms with E-state index in [9.17, 15) is 4.79 Å². The molecule has 2 aliphatic rings. The molecule has 0 bridgehead atoms. The highest BCUT2D eigenvalue weighted by Crippen LogP contribution is 2.35. The van der Waals surface area contributed by atoms with Crippen LogP contribution in [0.5, 0.6) is 0 Å². The highest BCUT2D eigenvalue weighted by molar-refractivity contribution is 6.03. The quantitative estimate of drug-likeness (QED) is 0.773. The molecule has 7 heteroatoms. The van der Waals surface area contributed by atoms with Crippen LogP contribution in [-0.2, 0) is 6.42 Å². The molecule has 1 atom stereocenters. The van der Waals surface area contributed by atoms with Gasteiger partial charge >= 0.3 is 0 Å². The summed E-state index contributed by atoms with van der Waals surface area (Å²) in [6.07, 6.45) is 1.25. The fraction of sp³-hybridized carbons (Fsp3) is 0.500. The van der Waals surface area contributed by atoms with Crippen LogP contribution in [0.1, 0.15) is 40.9 Å². The van der Waals surface area contributed by atoms with Crippen LogP contribution in [0, 0.1) is 0 Å². The van der Waals surface area contributed by atoms with Gasteiger partial charge in [0.1, 0.15) is 5.82 Å². The number of rotatable bonds is 6. The molecule has 29 heavy (non-hydrogen) atoms. The van der Waals surface area contributed by atoms with Gasteiger partial charge in [0.15, 0.2) is 5.78 Å². The number of ketones is 1. The van der Waals surface area contributed by atoms with Gasteiger partial charge in [-0.2, -0.15) is 4.98 Å². The lowest BCUT2D eigenvalue weighted by atomic mass is 9.82. The largest absolute Gasteiger partial charge is 0.395 e. The first-order valence-electron chi connectivity index (χ1n) is 10.5. The van der Waals surface area contributed by atoms with Crippen molar-refractivity contribution in [1.82, 2.24) is 14.9 Å². The van der Waals surface area contributed by atoms with Crippen molar-refractivity contribution < 1.29 is 9.90 Å². The predicted octanol–water partition coefficient (Wildman–Crippen LogP) is 1.94. The van der Waals surface area contributed by atoms with Crippen LogP contribution in [0.3, 0.4) is 0 Å². The summed E-state index contributed by atoms with van der Waals surface area (Å²) < 4.78 is 0. The number of hydrogen-bond acceptors (Lipinski definition) is 7. The third-order valence-electron chi connectivity index (χ3n) is 5.81. The maximum atomic E-state index is 13.0. The summed E-state index contributed by atoms with van der Waals surface area (Å²) >= 11 is 0. The predicted molar refractivity (Wildman–Crippen MR) is 114 cm³/mol. The Morgan fingerprint density at radius 1 is 1.10 bits per heavy atom. The number of carbonyl (C=O) groups is 1. The molecule has 0 spiro atoms. The zero-order valence-electron chi connectivity index (χ0n) is 17.0. The minimum atomic E-state index is 0.121. The molecule has 2 N–H and O–H groups in total. The van der Waals surface area contributed by atoms with E-state index in [-0.39, 0.29) is 18.3 Å². The van der Waals surface area contributed by atoms with Gasteiger partial charge in [-0.1, -0.05) is 30.3 Å². The first kappa shape index (κ1) is 19.8. The van der Waals surface area contributed by atoms with Crippen LogP contribution < -0.4 is 10.2 Å². The number of β-amino-alcohol motifs (C(OH)–C–C–N with tert-alkyl or cyclic N) is 1. The Kier molecular flexibility index (Phi) is 6.06. The van der Waals surface area contributed by atoms with E-state index in [2.05, 4.69) is 27.2 Å². The molecule has 1 aliphatic heterocycles. The Bertz CT molecular complexity index is 850. The standard InChI is InChI=1S/C22H29N5O2/c1-2-23-21-20-18(14-17(15-19(20)29)16-6-4-3-5-7-16)24-22(25-21)27-10-8-26(9-11-27)12-13-28/h3-7,17,28H,2,8-15H2,1H3,(H,23,24,25)/t17-/m1/s1. The van der Waals surface area contributed by atoms with Crippen molar-refractivity contribution in [3.8, 4) is 0 Å². The summed E-state index contributed by atoms with van der Waals surface area (Å²) in [6, 6.07) is 10.2. The van der Waals surface area contributed by atoms with E-state index in [0.717, 1.165) is 38.3 Å². The number of nitrogens with zero attached hydrogens (tertiary/aromatic N) is 4. The van der Waals surface area contributed by atoms with E-state index in [1.165, 1.54) is 5.56 Å². The summed E-state index contributed by atoms with van der Waals surface area (Å²) in [7, 11) is 0. The van der Waals surface area contributed by atoms with Gasteiger partial charge in [-0.05, 0) is 24.8 Å². The molecule has 154 valence electrons. The molecule has 0 saturated carbocycles. The van der Waals surface area contributed by atoms with E-state index in [1.54, 1.807) is 0 Å². The van der Waals surface area contributed by atoms with E-state index >= 15 is 0 Å². The number of aliphatic hydroxyl groups is 1. The maximum absolute atomic E-state index is 13.0. The molecular weight excluding hydrogens is 366 g/mol. The van der Waals surface area contributed by atoms with Crippen molar-refractivity contribution in [2.45, 2.75) is 25.7 Å². The van der Waals surface area contributed by atoms with Gasteiger partial charge in [-0.3, -0.25) is 9.69 Å². The second-order valence-corrected chi connectivity index (χ2v) is 7.72. The number of piperazine rings is 1. The minimum Gasteiger partial charge on any atom is -0.395 e. The van der Waals surface area contributed by atoms with E-state index in [4.69, 9.17) is 15.1 Å². The van der Waals surface area contributed by atoms with E-state index in [1.807, 2.05) is 25.1 Å². The molecule has 1 aromatic heterocycles. The lowest BCUT2D eigenvalue weighted by Gasteiger charge is -2.35. The van der Waals surface area contributed by atoms with Crippen molar-refractivity contribution in [2.75, 3.05) is 56.1 Å². The van der Waals surface area contributed by atoms with Crippen molar-refractivity contribution in [1.29, 1.82) is 0 Å². The number of fused-ring (bicyclic) bond motifs is 1. The average Bonchev–Trinajstić information content (AvgIpc) is 2.75. The van der Waals surface area contributed by atoms with Gasteiger partial charge in [0.2, 0.25) is 5.95 Å². The molecular formula is C22H29N5O2. The van der Waals surface area contributed by atoms with Crippen molar-refractivity contribution in [3.63, 3.8) is 0 Å². The summed E-state index contributed by atoms with van der Waals surface area (Å²) in [5, 5.41) is 12.4. The van der Waals surface area contributed by atoms with Crippen molar-refractivity contribution >= 4 is 17.5 Å². The number of aromatic nitrogens is 2. The van der Waals surface area contributed by atoms with Crippen LogP contribution in [0.4, 0.5) is 11.8 Å². The van der Waals surface area contributed by atoms with Crippen LogP contribution in [0.15, 0.2) is 30.3 Å². The molecule has 0 amide bonds. The van der Waals surface area contributed by atoms with Gasteiger partial charge in [-0.15, -0.1) is 0 Å². The molecule has 4 rings (SSSR count). The third-order valence-corrected chi connectivity index (χ3v) is 5.81. The Balaban J connectivity index is 1.63. The van der Waals surface area contributed by atoms with Crippen LogP contribution in [-0.4, -0.2) is 71.6 Å². The number of anilines is 2. The van der Waals surface area contributed by atoms with Gasteiger partial charge < -0.3 is 15.3 Å². The van der Waals surface area contributed by atoms with Gasteiger partial charge in [0.05, 0.1) is 17.9 Å². The second kappa shape index (κ2) is 8.88. The highest BCUT2D eigenvalue weighted by atomic mass is 16.3. The first-order chi connectivity index (χ1) is 14.2. The Morgan fingerprint density at radius 3 is 2.55 bits per heavy atom. The topological polar surface area (TPSA) is 81.6 Å². The van der Waals surface area contributed by atoms with Gasteiger partial charge in [0, 0.05) is 45.7 Å². The fourth-order valence-corrected chi connectivity index (χ4v) is 4.28. The summed E-state index contributed by atoms with van der Waals surface area (Å²) in [6.45, 7) is 7.01. The Morgan fingerprint density at radius 2 is 1.86 bits per heavy atom. The minimum absolute atomic E-state index is 0.121. The molecule has 0 unspecified atom stereocenters. The number of Topliss-reactive ketones (excluding diaryl/α,β-unsaturated/α-hetero) is 1. The Hall–Kier alpha value is -2.51. The first-order valence-corrected chi connectivity index (χ1v) is 10.5. The number of benzene rings is 1. The zero-order chi connectivity index (χ0) is 20.2. The van der Waals surface area contributed by atoms with Crippen LogP contribution in [0.2, 0.25) is 0 Å². The SMILES string of the molecule is CCNc1nc(N2CCN(CCO)CC2)nc2c1C(=O)C[C@H](c1ccccc1)C2. The third kappa shape index (κ3) is 4.26. The maximum Gasteiger partial charge on any atom is 0.227 e. The molecule has 0 radical (unpaired) electrons. The molecule has 1 fully saturated rings. The summed E-state index contributed by atoms with van der Waals surface area (Å²) in [5.41, 5.74) is 2.71. The van der Waals surface area contributed by atoms with Gasteiger partial charge in [-0.25, -0.2) is 4.98 Å². The Labute approximate surface area is 171 Å². The molecule has 2 heterocycles. The van der Waals surface area contributed by atoms with E-state index in [0.29, 0.717) is 36.8 Å². The van der Waals surface area contributed by atoms with Crippen LogP contribution >= 0.6 is 0 Å².